The van der Waals surface area contributed by atoms with Gasteiger partial charge in [-0.05, 0) is 31.9 Å². The molecule has 3 rings (SSSR count). The van der Waals surface area contributed by atoms with Crippen molar-refractivity contribution in [2.75, 3.05) is 20.2 Å². The lowest BCUT2D eigenvalue weighted by molar-refractivity contribution is 0.0511. The summed E-state index contributed by atoms with van der Waals surface area (Å²) in [6, 6.07) is 8.40. The van der Waals surface area contributed by atoms with E-state index in [1.54, 1.807) is 48.4 Å². The lowest BCUT2D eigenvalue weighted by Crippen LogP contribution is -2.44. The third-order valence-electron chi connectivity index (χ3n) is 4.27. The minimum Gasteiger partial charge on any atom is -0.472 e. The summed E-state index contributed by atoms with van der Waals surface area (Å²) in [5.74, 6) is 0.429. The van der Waals surface area contributed by atoms with Crippen LogP contribution >= 0.6 is 0 Å². The summed E-state index contributed by atoms with van der Waals surface area (Å²) in [4.78, 5) is 34.9. The van der Waals surface area contributed by atoms with E-state index in [0.29, 0.717) is 30.4 Å². The second-order valence-electron chi connectivity index (χ2n) is 6.11. The molecule has 2 aromatic rings. The van der Waals surface area contributed by atoms with Crippen molar-refractivity contribution in [3.8, 4) is 5.88 Å². The lowest BCUT2D eigenvalue weighted by atomic mass is 10.0. The van der Waals surface area contributed by atoms with Gasteiger partial charge in [-0.25, -0.2) is 9.78 Å². The van der Waals surface area contributed by atoms with Crippen LogP contribution in [-0.2, 0) is 4.74 Å². The van der Waals surface area contributed by atoms with Gasteiger partial charge in [0.1, 0.15) is 11.9 Å². The molecule has 1 aromatic heterocycles. The Morgan fingerprint density at radius 1 is 1.19 bits per heavy atom. The van der Waals surface area contributed by atoms with E-state index in [4.69, 9.17) is 9.47 Å². The van der Waals surface area contributed by atoms with Gasteiger partial charge in [-0.2, -0.15) is 4.98 Å². The quantitative estimate of drug-likeness (QED) is 0.783. The predicted octanol–water partition coefficient (Wildman–Crippen LogP) is 2.26. The molecule has 1 saturated heterocycles. The summed E-state index contributed by atoms with van der Waals surface area (Å²) < 4.78 is 10.7. The van der Waals surface area contributed by atoms with E-state index >= 15 is 0 Å². The number of carbonyl (C=O) groups is 2. The molecule has 0 radical (unpaired) electrons. The summed E-state index contributed by atoms with van der Waals surface area (Å²) in [7, 11) is 1.30. The molecule has 0 saturated carbocycles. The van der Waals surface area contributed by atoms with E-state index in [1.165, 1.54) is 7.11 Å². The Bertz CT molecular complexity index is 809. The average Bonchev–Trinajstić information content (AvgIpc) is 2.67. The number of aromatic nitrogens is 2. The van der Waals surface area contributed by atoms with E-state index < -0.39 is 5.97 Å². The number of hydrogen-bond acceptors (Lipinski definition) is 6. The number of amides is 1. The summed E-state index contributed by atoms with van der Waals surface area (Å²) in [6.07, 6.45) is 3.16. The number of methoxy groups -OCH3 is 1. The molecule has 1 amide bonds. The fraction of sp³-hybridized carbons (Fsp3) is 0.368. The fourth-order valence-corrected chi connectivity index (χ4v) is 3.02. The number of carbonyl (C=O) groups excluding carboxylic acids is 2. The Morgan fingerprint density at radius 3 is 2.69 bits per heavy atom. The molecule has 0 bridgehead atoms. The van der Waals surface area contributed by atoms with Gasteiger partial charge in [-0.3, -0.25) is 4.79 Å². The third kappa shape index (κ3) is 3.99. The molecule has 1 fully saturated rings. The number of ether oxygens (including phenoxy) is 2. The number of esters is 1. The zero-order chi connectivity index (χ0) is 18.5. The molecule has 26 heavy (non-hydrogen) atoms. The van der Waals surface area contributed by atoms with Crippen LogP contribution < -0.4 is 4.74 Å². The van der Waals surface area contributed by atoms with Crippen molar-refractivity contribution in [3.05, 3.63) is 53.5 Å². The van der Waals surface area contributed by atoms with Crippen molar-refractivity contribution in [1.82, 2.24) is 14.9 Å². The molecular formula is C19H21N3O4. The van der Waals surface area contributed by atoms with E-state index in [-0.39, 0.29) is 17.6 Å². The molecule has 136 valence electrons. The first-order valence-electron chi connectivity index (χ1n) is 8.51. The van der Waals surface area contributed by atoms with Gasteiger partial charge in [0.05, 0.1) is 24.8 Å². The van der Waals surface area contributed by atoms with Crippen LogP contribution in [0.3, 0.4) is 0 Å². The number of likely N-dealkylation sites (tertiary alicyclic amines) is 1. The Hall–Kier alpha value is -2.96. The van der Waals surface area contributed by atoms with Crippen molar-refractivity contribution >= 4 is 11.9 Å². The first-order valence-corrected chi connectivity index (χ1v) is 8.51. The van der Waals surface area contributed by atoms with Crippen molar-refractivity contribution in [2.24, 2.45) is 0 Å². The first-order chi connectivity index (χ1) is 12.6. The number of hydrogen-bond donors (Lipinski definition) is 0. The SMILES string of the molecule is COC(=O)c1ccccc1C(=O)N1CCCC(Oc2ccnc(C)n2)C1. The fourth-order valence-electron chi connectivity index (χ4n) is 3.02. The molecule has 1 aliphatic heterocycles. The van der Waals surface area contributed by atoms with Gasteiger partial charge in [0.15, 0.2) is 0 Å². The van der Waals surface area contributed by atoms with Crippen LogP contribution in [-0.4, -0.2) is 53.0 Å². The maximum absolute atomic E-state index is 12.9. The summed E-state index contributed by atoms with van der Waals surface area (Å²) >= 11 is 0. The van der Waals surface area contributed by atoms with Gasteiger partial charge in [-0.1, -0.05) is 12.1 Å². The standard InChI is InChI=1S/C19H21N3O4/c1-13-20-10-9-17(21-13)26-14-6-5-11-22(12-14)18(23)15-7-3-4-8-16(15)19(24)25-2/h3-4,7-10,14H,5-6,11-12H2,1-2H3. The molecule has 1 unspecified atom stereocenters. The van der Waals surface area contributed by atoms with Gasteiger partial charge in [0.25, 0.3) is 5.91 Å². The van der Waals surface area contributed by atoms with Crippen molar-refractivity contribution in [3.63, 3.8) is 0 Å². The molecule has 1 aliphatic rings. The number of piperidine rings is 1. The Morgan fingerprint density at radius 2 is 1.96 bits per heavy atom. The van der Waals surface area contributed by atoms with Crippen LogP contribution in [0.25, 0.3) is 0 Å². The largest absolute Gasteiger partial charge is 0.472 e. The molecular weight excluding hydrogens is 334 g/mol. The minimum absolute atomic E-state index is 0.146. The van der Waals surface area contributed by atoms with Crippen LogP contribution in [0.5, 0.6) is 5.88 Å². The second kappa shape index (κ2) is 7.95. The summed E-state index contributed by atoms with van der Waals surface area (Å²) in [5, 5.41) is 0. The van der Waals surface area contributed by atoms with Gasteiger partial charge in [0, 0.05) is 18.8 Å². The number of nitrogens with zero attached hydrogens (tertiary/aromatic N) is 3. The number of aryl methyl sites for hydroxylation is 1. The zero-order valence-electron chi connectivity index (χ0n) is 14.8. The lowest BCUT2D eigenvalue weighted by Gasteiger charge is -2.33. The highest BCUT2D eigenvalue weighted by atomic mass is 16.5. The highest BCUT2D eigenvalue weighted by molar-refractivity contribution is 6.05. The molecule has 0 aliphatic carbocycles. The molecule has 1 atom stereocenters. The van der Waals surface area contributed by atoms with Crippen LogP contribution in [0.4, 0.5) is 0 Å². The Balaban J connectivity index is 1.73. The van der Waals surface area contributed by atoms with Crippen LogP contribution in [0.15, 0.2) is 36.5 Å². The highest BCUT2D eigenvalue weighted by Gasteiger charge is 2.28. The second-order valence-corrected chi connectivity index (χ2v) is 6.11. The van der Waals surface area contributed by atoms with E-state index in [9.17, 15) is 9.59 Å². The normalized spacial score (nSPS) is 16.8. The molecule has 0 spiro atoms. The molecule has 7 nitrogen and oxygen atoms in total. The monoisotopic (exact) mass is 355 g/mol. The van der Waals surface area contributed by atoms with Gasteiger partial charge in [0.2, 0.25) is 5.88 Å². The van der Waals surface area contributed by atoms with Crippen LogP contribution in [0, 0.1) is 6.92 Å². The van der Waals surface area contributed by atoms with Crippen molar-refractivity contribution in [1.29, 1.82) is 0 Å². The van der Waals surface area contributed by atoms with Crippen LogP contribution in [0.2, 0.25) is 0 Å². The smallest absolute Gasteiger partial charge is 0.338 e. The van der Waals surface area contributed by atoms with E-state index in [2.05, 4.69) is 9.97 Å². The molecule has 2 heterocycles. The maximum Gasteiger partial charge on any atom is 0.338 e. The van der Waals surface area contributed by atoms with Gasteiger partial charge < -0.3 is 14.4 Å². The van der Waals surface area contributed by atoms with Gasteiger partial charge >= 0.3 is 5.97 Å². The van der Waals surface area contributed by atoms with Gasteiger partial charge in [-0.15, -0.1) is 0 Å². The average molecular weight is 355 g/mol. The minimum atomic E-state index is -0.518. The predicted molar refractivity (Wildman–Crippen MR) is 94.1 cm³/mol. The topological polar surface area (TPSA) is 81.6 Å². The Kier molecular flexibility index (Phi) is 5.46. The van der Waals surface area contributed by atoms with E-state index in [1.807, 2.05) is 0 Å². The third-order valence-corrected chi connectivity index (χ3v) is 4.27. The molecule has 1 aromatic carbocycles. The maximum atomic E-state index is 12.9. The van der Waals surface area contributed by atoms with Crippen molar-refractivity contribution in [2.45, 2.75) is 25.9 Å². The first kappa shape index (κ1) is 17.8. The number of benzene rings is 1. The molecule has 7 heteroatoms. The van der Waals surface area contributed by atoms with Crippen molar-refractivity contribution < 1.29 is 19.1 Å². The molecule has 0 N–H and O–H groups in total. The van der Waals surface area contributed by atoms with E-state index in [0.717, 1.165) is 12.8 Å². The number of rotatable bonds is 4. The van der Waals surface area contributed by atoms with Crippen LogP contribution in [0.1, 0.15) is 39.4 Å². The zero-order valence-corrected chi connectivity index (χ0v) is 14.8. The summed E-state index contributed by atoms with van der Waals surface area (Å²) in [5.41, 5.74) is 0.618. The Labute approximate surface area is 152 Å². The summed E-state index contributed by atoms with van der Waals surface area (Å²) in [6.45, 7) is 2.86. The highest BCUT2D eigenvalue weighted by Crippen LogP contribution is 2.20.